The highest BCUT2D eigenvalue weighted by Crippen LogP contribution is 2.26. The van der Waals surface area contributed by atoms with E-state index in [1.165, 1.54) is 30.2 Å². The average Bonchev–Trinajstić information content (AvgIpc) is 3.02. The van der Waals surface area contributed by atoms with E-state index in [1.54, 1.807) is 12.1 Å². The van der Waals surface area contributed by atoms with E-state index in [1.807, 2.05) is 13.8 Å². The first-order valence-electron chi connectivity index (χ1n) is 9.33. The van der Waals surface area contributed by atoms with Crippen LogP contribution in [-0.4, -0.2) is 68.1 Å². The molecule has 1 fully saturated rings. The summed E-state index contributed by atoms with van der Waals surface area (Å²) in [6.07, 6.45) is 3.05. The molecule has 1 aromatic rings. The molecule has 29 heavy (non-hydrogen) atoms. The van der Waals surface area contributed by atoms with Gasteiger partial charge in [-0.2, -0.15) is 0 Å². The standard InChI is InChI=1S/C20H27NO7S/c1-14(2)11-21(16-8-9-29(25,26)13-16)19(23)12-28-20(24)7-5-15-4-6-17(22)18(10-15)27-3/h4-7,10,14,16,22H,8-9,11-13H2,1-3H3/b7-5+/t16-/m0/s1. The normalized spacial score (nSPS) is 18.1. The average molecular weight is 426 g/mol. The fourth-order valence-electron chi connectivity index (χ4n) is 3.10. The van der Waals surface area contributed by atoms with Crippen molar-refractivity contribution in [2.45, 2.75) is 26.3 Å². The molecule has 1 aliphatic heterocycles. The van der Waals surface area contributed by atoms with E-state index in [2.05, 4.69) is 0 Å². The van der Waals surface area contributed by atoms with E-state index in [0.29, 0.717) is 18.5 Å². The van der Waals surface area contributed by atoms with Gasteiger partial charge in [0.25, 0.3) is 5.91 Å². The molecule has 1 aliphatic rings. The lowest BCUT2D eigenvalue weighted by Gasteiger charge is -2.29. The molecule has 8 nitrogen and oxygen atoms in total. The van der Waals surface area contributed by atoms with Crippen molar-refractivity contribution in [3.05, 3.63) is 29.8 Å². The second-order valence-corrected chi connectivity index (χ2v) is 9.60. The van der Waals surface area contributed by atoms with Crippen molar-refractivity contribution in [2.24, 2.45) is 5.92 Å². The van der Waals surface area contributed by atoms with Gasteiger partial charge in [0.05, 0.1) is 18.6 Å². The minimum Gasteiger partial charge on any atom is -0.504 e. The number of amides is 1. The lowest BCUT2D eigenvalue weighted by atomic mass is 10.1. The molecule has 1 atom stereocenters. The third-order valence-electron chi connectivity index (χ3n) is 4.48. The summed E-state index contributed by atoms with van der Waals surface area (Å²) in [4.78, 5) is 26.0. The van der Waals surface area contributed by atoms with E-state index in [0.717, 1.165) is 0 Å². The summed E-state index contributed by atoms with van der Waals surface area (Å²) >= 11 is 0. The van der Waals surface area contributed by atoms with Crippen molar-refractivity contribution in [1.29, 1.82) is 0 Å². The van der Waals surface area contributed by atoms with Gasteiger partial charge in [0.15, 0.2) is 27.9 Å². The molecule has 9 heteroatoms. The highest BCUT2D eigenvalue weighted by Gasteiger charge is 2.35. The van der Waals surface area contributed by atoms with Crippen molar-refractivity contribution >= 4 is 27.8 Å². The number of phenols is 1. The van der Waals surface area contributed by atoms with Gasteiger partial charge in [0, 0.05) is 18.7 Å². The van der Waals surface area contributed by atoms with Gasteiger partial charge in [0.1, 0.15) is 0 Å². The molecule has 1 saturated heterocycles. The number of esters is 1. The number of methoxy groups -OCH3 is 1. The van der Waals surface area contributed by atoms with Crippen molar-refractivity contribution in [3.63, 3.8) is 0 Å². The zero-order valence-electron chi connectivity index (χ0n) is 16.8. The largest absolute Gasteiger partial charge is 0.504 e. The van der Waals surface area contributed by atoms with Crippen LogP contribution < -0.4 is 4.74 Å². The number of ether oxygens (including phenoxy) is 2. The summed E-state index contributed by atoms with van der Waals surface area (Å²) in [6.45, 7) is 3.82. The van der Waals surface area contributed by atoms with Gasteiger partial charge >= 0.3 is 5.97 Å². The Morgan fingerprint density at radius 1 is 1.34 bits per heavy atom. The van der Waals surface area contributed by atoms with Gasteiger partial charge in [-0.15, -0.1) is 0 Å². The quantitative estimate of drug-likeness (QED) is 0.498. The smallest absolute Gasteiger partial charge is 0.331 e. The number of carbonyl (C=O) groups excluding carboxylic acids is 2. The summed E-state index contributed by atoms with van der Waals surface area (Å²) in [5.74, 6) is -0.686. The first-order valence-corrected chi connectivity index (χ1v) is 11.1. The number of benzene rings is 1. The zero-order chi connectivity index (χ0) is 21.6. The maximum atomic E-state index is 12.6. The first kappa shape index (κ1) is 22.7. The molecule has 1 heterocycles. The van der Waals surface area contributed by atoms with Gasteiger partial charge < -0.3 is 19.5 Å². The van der Waals surface area contributed by atoms with Crippen LogP contribution in [0, 0.1) is 5.92 Å². The Bertz CT molecular complexity index is 877. The number of nitrogens with zero attached hydrogens (tertiary/aromatic N) is 1. The van der Waals surface area contributed by atoms with Crippen LogP contribution in [0.3, 0.4) is 0 Å². The maximum Gasteiger partial charge on any atom is 0.331 e. The third-order valence-corrected chi connectivity index (χ3v) is 6.24. The molecule has 0 aromatic heterocycles. The Balaban J connectivity index is 1.95. The Labute approximate surface area is 171 Å². The molecule has 0 radical (unpaired) electrons. The minimum absolute atomic E-state index is 0.0167. The first-order chi connectivity index (χ1) is 13.6. The SMILES string of the molecule is COc1cc(/C=C/C(=O)OCC(=O)N(CC(C)C)[C@H]2CCS(=O)(=O)C2)ccc1O. The number of sulfone groups is 1. The summed E-state index contributed by atoms with van der Waals surface area (Å²) in [6, 6.07) is 4.20. The van der Waals surface area contributed by atoms with Gasteiger partial charge in [-0.1, -0.05) is 19.9 Å². The third kappa shape index (κ3) is 6.77. The molecule has 0 saturated carbocycles. The number of hydrogen-bond acceptors (Lipinski definition) is 7. The van der Waals surface area contributed by atoms with Crippen molar-refractivity contribution in [2.75, 3.05) is 31.8 Å². The zero-order valence-corrected chi connectivity index (χ0v) is 17.6. The van der Waals surface area contributed by atoms with Crippen molar-refractivity contribution in [1.82, 2.24) is 4.90 Å². The molecule has 1 aromatic carbocycles. The fraction of sp³-hybridized carbons (Fsp3) is 0.500. The Morgan fingerprint density at radius 2 is 2.07 bits per heavy atom. The lowest BCUT2D eigenvalue weighted by molar-refractivity contribution is -0.149. The predicted octanol–water partition coefficient (Wildman–Crippen LogP) is 1.63. The number of phenolic OH excluding ortho intramolecular Hbond substituents is 1. The topological polar surface area (TPSA) is 110 Å². The molecule has 160 valence electrons. The summed E-state index contributed by atoms with van der Waals surface area (Å²) < 4.78 is 33.5. The molecule has 0 unspecified atom stereocenters. The van der Waals surface area contributed by atoms with Crippen LogP contribution in [0.2, 0.25) is 0 Å². The van der Waals surface area contributed by atoms with Crippen molar-refractivity contribution < 1.29 is 32.6 Å². The van der Waals surface area contributed by atoms with Crippen LogP contribution >= 0.6 is 0 Å². The van der Waals surface area contributed by atoms with Crippen LogP contribution in [-0.2, 0) is 24.2 Å². The van der Waals surface area contributed by atoms with E-state index in [4.69, 9.17) is 9.47 Å². The highest BCUT2D eigenvalue weighted by atomic mass is 32.2. The van der Waals surface area contributed by atoms with Crippen LogP contribution in [0.15, 0.2) is 24.3 Å². The molecule has 0 aliphatic carbocycles. The van der Waals surface area contributed by atoms with Gasteiger partial charge in [-0.3, -0.25) is 4.79 Å². The van der Waals surface area contributed by atoms with Crippen LogP contribution in [0.1, 0.15) is 25.8 Å². The highest BCUT2D eigenvalue weighted by molar-refractivity contribution is 7.91. The second-order valence-electron chi connectivity index (χ2n) is 7.37. The minimum atomic E-state index is -3.13. The summed E-state index contributed by atoms with van der Waals surface area (Å²) in [5, 5.41) is 9.57. The Kier molecular flexibility index (Phi) is 7.66. The van der Waals surface area contributed by atoms with E-state index in [-0.39, 0.29) is 35.0 Å². The predicted molar refractivity (Wildman–Crippen MR) is 108 cm³/mol. The molecule has 1 N–H and O–H groups in total. The molecule has 0 bridgehead atoms. The van der Waals surface area contributed by atoms with E-state index in [9.17, 15) is 23.1 Å². The van der Waals surface area contributed by atoms with Gasteiger partial charge in [-0.25, -0.2) is 13.2 Å². The fourth-order valence-corrected chi connectivity index (χ4v) is 4.83. The van der Waals surface area contributed by atoms with Crippen LogP contribution in [0.4, 0.5) is 0 Å². The number of rotatable bonds is 8. The van der Waals surface area contributed by atoms with E-state index >= 15 is 0 Å². The Morgan fingerprint density at radius 3 is 2.66 bits per heavy atom. The van der Waals surface area contributed by atoms with E-state index < -0.39 is 28.3 Å². The van der Waals surface area contributed by atoms with Crippen LogP contribution in [0.5, 0.6) is 11.5 Å². The monoisotopic (exact) mass is 425 g/mol. The van der Waals surface area contributed by atoms with Crippen molar-refractivity contribution in [3.8, 4) is 11.5 Å². The molecule has 0 spiro atoms. The molecule has 1 amide bonds. The van der Waals surface area contributed by atoms with Crippen LogP contribution in [0.25, 0.3) is 6.08 Å². The summed E-state index contributed by atoms with van der Waals surface area (Å²) in [7, 11) is -1.71. The number of hydrogen-bond donors (Lipinski definition) is 1. The second kappa shape index (κ2) is 9.78. The number of carbonyl (C=O) groups is 2. The number of aromatic hydroxyl groups is 1. The summed E-state index contributed by atoms with van der Waals surface area (Å²) in [5.41, 5.74) is 0.612. The van der Waals surface area contributed by atoms with Gasteiger partial charge in [-0.05, 0) is 36.1 Å². The molecular weight excluding hydrogens is 398 g/mol. The molecular formula is C20H27NO7S. The van der Waals surface area contributed by atoms with Gasteiger partial charge in [0.2, 0.25) is 0 Å². The maximum absolute atomic E-state index is 12.6. The molecule has 2 rings (SSSR count). The Hall–Kier alpha value is -2.55. The lowest BCUT2D eigenvalue weighted by Crippen LogP contribution is -2.45.